The van der Waals surface area contributed by atoms with E-state index in [1.807, 2.05) is 31.3 Å². The maximum Gasteiger partial charge on any atom is 0.251 e. The molecule has 14 heavy (non-hydrogen) atoms. The molecular formula is C10H13IN2O. The van der Waals surface area contributed by atoms with Gasteiger partial charge in [0.15, 0.2) is 0 Å². The Labute approximate surface area is 97.4 Å². The second-order valence-corrected chi connectivity index (χ2v) is 4.11. The number of hydrogen-bond donors (Lipinski definition) is 2. The summed E-state index contributed by atoms with van der Waals surface area (Å²) in [5, 5.41) is 5.78. The highest BCUT2D eigenvalue weighted by molar-refractivity contribution is 14.1. The van der Waals surface area contributed by atoms with Crippen LogP contribution in [0.3, 0.4) is 0 Å². The van der Waals surface area contributed by atoms with E-state index in [0.717, 1.165) is 10.1 Å². The first-order valence-corrected chi connectivity index (χ1v) is 5.50. The molecule has 0 heterocycles. The van der Waals surface area contributed by atoms with Crippen molar-refractivity contribution in [3.8, 4) is 0 Å². The lowest BCUT2D eigenvalue weighted by Gasteiger charge is -2.04. The summed E-state index contributed by atoms with van der Waals surface area (Å²) in [7, 11) is 1.86. The van der Waals surface area contributed by atoms with Crippen LogP contribution < -0.4 is 10.6 Å². The van der Waals surface area contributed by atoms with Gasteiger partial charge in [-0.2, -0.15) is 0 Å². The summed E-state index contributed by atoms with van der Waals surface area (Å²) in [5.74, 6) is -0.0170. The number of carbonyl (C=O) groups excluding carboxylic acids is 1. The van der Waals surface area contributed by atoms with E-state index in [0.29, 0.717) is 12.1 Å². The standard InChI is InChI=1S/C10H13IN2O/c1-12-6-7-13-10(14)8-2-4-9(11)5-3-8/h2-5,12H,6-7H2,1H3,(H,13,14). The van der Waals surface area contributed by atoms with Crippen LogP contribution in [-0.4, -0.2) is 26.0 Å². The molecule has 1 aromatic carbocycles. The van der Waals surface area contributed by atoms with Crippen LogP contribution >= 0.6 is 22.6 Å². The van der Waals surface area contributed by atoms with Crippen LogP contribution in [0, 0.1) is 3.57 Å². The summed E-state index contributed by atoms with van der Waals surface area (Å²) in [6, 6.07) is 7.51. The number of hydrogen-bond acceptors (Lipinski definition) is 2. The molecule has 0 unspecified atom stereocenters. The van der Waals surface area contributed by atoms with Crippen LogP contribution in [0.4, 0.5) is 0 Å². The third-order valence-electron chi connectivity index (χ3n) is 1.77. The maximum absolute atomic E-state index is 11.5. The zero-order valence-corrected chi connectivity index (χ0v) is 10.2. The van der Waals surface area contributed by atoms with Crippen molar-refractivity contribution in [1.82, 2.24) is 10.6 Å². The van der Waals surface area contributed by atoms with E-state index < -0.39 is 0 Å². The van der Waals surface area contributed by atoms with Gasteiger partial charge < -0.3 is 10.6 Å². The molecule has 0 atom stereocenters. The highest BCUT2D eigenvalue weighted by Gasteiger charge is 2.02. The molecule has 1 aromatic rings. The summed E-state index contributed by atoms with van der Waals surface area (Å²) in [5.41, 5.74) is 0.710. The van der Waals surface area contributed by atoms with E-state index in [4.69, 9.17) is 0 Å². The Morgan fingerprint density at radius 1 is 1.29 bits per heavy atom. The average molecular weight is 304 g/mol. The number of likely N-dealkylation sites (N-methyl/N-ethyl adjacent to an activating group) is 1. The van der Waals surface area contributed by atoms with Crippen molar-refractivity contribution in [2.45, 2.75) is 0 Å². The van der Waals surface area contributed by atoms with E-state index in [-0.39, 0.29) is 5.91 Å². The SMILES string of the molecule is CNCCNC(=O)c1ccc(I)cc1. The van der Waals surface area contributed by atoms with Crippen LogP contribution in [0.2, 0.25) is 0 Å². The molecule has 0 saturated heterocycles. The van der Waals surface area contributed by atoms with Crippen LogP contribution in [0.15, 0.2) is 24.3 Å². The molecule has 0 aliphatic carbocycles. The molecule has 0 aliphatic rings. The van der Waals surface area contributed by atoms with Crippen LogP contribution in [0.25, 0.3) is 0 Å². The largest absolute Gasteiger partial charge is 0.351 e. The number of benzene rings is 1. The molecule has 0 aliphatic heterocycles. The first kappa shape index (κ1) is 11.5. The Morgan fingerprint density at radius 2 is 1.93 bits per heavy atom. The third-order valence-corrected chi connectivity index (χ3v) is 2.49. The number of nitrogens with one attached hydrogen (secondary N) is 2. The van der Waals surface area contributed by atoms with E-state index in [2.05, 4.69) is 33.2 Å². The number of amides is 1. The van der Waals surface area contributed by atoms with Gasteiger partial charge in [-0.25, -0.2) is 0 Å². The van der Waals surface area contributed by atoms with Crippen LogP contribution in [-0.2, 0) is 0 Å². The topological polar surface area (TPSA) is 41.1 Å². The normalized spacial score (nSPS) is 9.86. The second kappa shape index (κ2) is 5.98. The van der Waals surface area contributed by atoms with Gasteiger partial charge in [0, 0.05) is 22.2 Å². The van der Waals surface area contributed by atoms with Crippen molar-refractivity contribution in [2.24, 2.45) is 0 Å². The Balaban J connectivity index is 2.48. The molecule has 1 amide bonds. The van der Waals surface area contributed by atoms with Crippen molar-refractivity contribution in [3.63, 3.8) is 0 Å². The molecule has 2 N–H and O–H groups in total. The predicted octanol–water partition coefficient (Wildman–Crippen LogP) is 1.24. The molecule has 0 fully saturated rings. The summed E-state index contributed by atoms with van der Waals surface area (Å²) in [6.07, 6.45) is 0. The van der Waals surface area contributed by atoms with Gasteiger partial charge in [0.05, 0.1) is 0 Å². The highest BCUT2D eigenvalue weighted by Crippen LogP contribution is 2.06. The first-order valence-electron chi connectivity index (χ1n) is 4.42. The first-order chi connectivity index (χ1) is 6.74. The summed E-state index contributed by atoms with van der Waals surface area (Å²) in [6.45, 7) is 1.44. The lowest BCUT2D eigenvalue weighted by Crippen LogP contribution is -2.30. The molecular weight excluding hydrogens is 291 g/mol. The van der Waals surface area contributed by atoms with Gasteiger partial charge in [0.25, 0.3) is 5.91 Å². The summed E-state index contributed by atoms with van der Waals surface area (Å²) < 4.78 is 1.13. The fraction of sp³-hybridized carbons (Fsp3) is 0.300. The van der Waals surface area contributed by atoms with E-state index in [1.165, 1.54) is 0 Å². The van der Waals surface area contributed by atoms with Gasteiger partial charge in [-0.3, -0.25) is 4.79 Å². The highest BCUT2D eigenvalue weighted by atomic mass is 127. The van der Waals surface area contributed by atoms with Gasteiger partial charge >= 0.3 is 0 Å². The van der Waals surface area contributed by atoms with E-state index >= 15 is 0 Å². The lowest BCUT2D eigenvalue weighted by molar-refractivity contribution is 0.0954. The van der Waals surface area contributed by atoms with Crippen molar-refractivity contribution in [1.29, 1.82) is 0 Å². The molecule has 1 rings (SSSR count). The number of rotatable bonds is 4. The summed E-state index contributed by atoms with van der Waals surface area (Å²) in [4.78, 5) is 11.5. The minimum atomic E-state index is -0.0170. The molecule has 0 bridgehead atoms. The summed E-state index contributed by atoms with van der Waals surface area (Å²) >= 11 is 2.21. The molecule has 0 spiro atoms. The molecule has 0 saturated carbocycles. The minimum absolute atomic E-state index is 0.0170. The molecule has 0 aromatic heterocycles. The number of carbonyl (C=O) groups is 1. The Bertz CT molecular complexity index is 297. The van der Waals surface area contributed by atoms with Gasteiger partial charge in [-0.1, -0.05) is 0 Å². The van der Waals surface area contributed by atoms with Crippen LogP contribution in [0.5, 0.6) is 0 Å². The zero-order valence-electron chi connectivity index (χ0n) is 8.01. The monoisotopic (exact) mass is 304 g/mol. The molecule has 4 heteroatoms. The fourth-order valence-electron chi connectivity index (χ4n) is 1.00. The Kier molecular flexibility index (Phi) is 4.89. The Hall–Kier alpha value is -0.620. The van der Waals surface area contributed by atoms with Gasteiger partial charge in [-0.05, 0) is 53.9 Å². The smallest absolute Gasteiger partial charge is 0.251 e. The van der Waals surface area contributed by atoms with Crippen molar-refractivity contribution in [3.05, 3.63) is 33.4 Å². The van der Waals surface area contributed by atoms with Crippen LogP contribution in [0.1, 0.15) is 10.4 Å². The maximum atomic E-state index is 11.5. The second-order valence-electron chi connectivity index (χ2n) is 2.87. The van der Waals surface area contributed by atoms with Gasteiger partial charge in [0.2, 0.25) is 0 Å². The molecule has 3 nitrogen and oxygen atoms in total. The quantitative estimate of drug-likeness (QED) is 0.649. The minimum Gasteiger partial charge on any atom is -0.351 e. The molecule has 0 radical (unpaired) electrons. The third kappa shape index (κ3) is 3.63. The zero-order chi connectivity index (χ0) is 10.4. The Morgan fingerprint density at radius 3 is 2.50 bits per heavy atom. The van der Waals surface area contributed by atoms with Gasteiger partial charge in [-0.15, -0.1) is 0 Å². The lowest BCUT2D eigenvalue weighted by atomic mass is 10.2. The predicted molar refractivity (Wildman–Crippen MR) is 65.4 cm³/mol. The van der Waals surface area contributed by atoms with Crippen molar-refractivity contribution < 1.29 is 4.79 Å². The number of halogens is 1. The molecule has 76 valence electrons. The van der Waals surface area contributed by atoms with Gasteiger partial charge in [0.1, 0.15) is 0 Å². The van der Waals surface area contributed by atoms with Crippen molar-refractivity contribution in [2.75, 3.05) is 20.1 Å². The van der Waals surface area contributed by atoms with E-state index in [9.17, 15) is 4.79 Å². The average Bonchev–Trinajstić information content (AvgIpc) is 2.19. The van der Waals surface area contributed by atoms with E-state index in [1.54, 1.807) is 0 Å². The van der Waals surface area contributed by atoms with Crippen molar-refractivity contribution >= 4 is 28.5 Å². The fourth-order valence-corrected chi connectivity index (χ4v) is 1.36.